The van der Waals surface area contributed by atoms with Gasteiger partial charge >= 0.3 is 0 Å². The largest absolute Gasteiger partial charge is 0.384 e. The zero-order valence-electron chi connectivity index (χ0n) is 15.5. The molecule has 1 fully saturated rings. The van der Waals surface area contributed by atoms with Gasteiger partial charge in [-0.3, -0.25) is 0 Å². The molecule has 1 aliphatic rings. The molecular weight excluding hydrogens is 360 g/mol. The lowest BCUT2D eigenvalue weighted by molar-refractivity contribution is 0.152. The molecule has 1 aliphatic heterocycles. The molecule has 1 aromatic carbocycles. The number of para-hydroxylation sites is 1. The highest BCUT2D eigenvalue weighted by atomic mass is 35.5. The minimum absolute atomic E-state index is 0. The summed E-state index contributed by atoms with van der Waals surface area (Å²) in [6.45, 7) is 5.54. The summed E-state index contributed by atoms with van der Waals surface area (Å²) in [6, 6.07) is 14.5. The molecule has 5 nitrogen and oxygen atoms in total. The van der Waals surface area contributed by atoms with Gasteiger partial charge in [0.2, 0.25) is 0 Å². The van der Waals surface area contributed by atoms with Crippen LogP contribution < -0.4 is 10.6 Å². The van der Waals surface area contributed by atoms with E-state index < -0.39 is 0 Å². The van der Waals surface area contributed by atoms with Crippen molar-refractivity contribution in [1.29, 1.82) is 0 Å². The quantitative estimate of drug-likeness (QED) is 0.736. The molecule has 142 valence electrons. The lowest BCUT2D eigenvalue weighted by atomic mass is 9.99. The smallest absolute Gasteiger partial charge is 0.129 e. The summed E-state index contributed by atoms with van der Waals surface area (Å²) >= 11 is 0. The maximum Gasteiger partial charge on any atom is 0.129 e. The molecule has 2 N–H and O–H groups in total. The van der Waals surface area contributed by atoms with Crippen molar-refractivity contribution in [2.75, 3.05) is 36.9 Å². The minimum Gasteiger partial charge on any atom is -0.384 e. The molecule has 0 atom stereocenters. The van der Waals surface area contributed by atoms with Crippen LogP contribution in [0.15, 0.2) is 42.5 Å². The predicted molar refractivity (Wildman–Crippen MR) is 114 cm³/mol. The Morgan fingerprint density at radius 1 is 1.00 bits per heavy atom. The molecule has 0 bridgehead atoms. The fraction of sp³-hybridized carbons (Fsp3) is 0.333. The van der Waals surface area contributed by atoms with Gasteiger partial charge in [-0.2, -0.15) is 0 Å². The molecule has 6 heteroatoms. The Kier molecular flexibility index (Phi) is 6.14. The Hall–Kier alpha value is -2.37. The van der Waals surface area contributed by atoms with Crippen LogP contribution in [0, 0.1) is 0 Å². The lowest BCUT2D eigenvalue weighted by Crippen LogP contribution is -2.26. The molecule has 0 amide bonds. The number of nitrogens with two attached hydrogens (primary N) is 1. The van der Waals surface area contributed by atoms with Crippen LogP contribution >= 0.6 is 12.4 Å². The number of halogens is 1. The minimum atomic E-state index is 0. The average molecular weight is 385 g/mol. The van der Waals surface area contributed by atoms with Crippen LogP contribution in [-0.2, 0) is 11.2 Å². The van der Waals surface area contributed by atoms with E-state index in [-0.39, 0.29) is 12.4 Å². The number of nitrogens with zero attached hydrogens (tertiary/aromatic N) is 3. The molecule has 27 heavy (non-hydrogen) atoms. The van der Waals surface area contributed by atoms with Crippen LogP contribution in [0.2, 0.25) is 0 Å². The number of ether oxygens (including phenoxy) is 1. The van der Waals surface area contributed by atoms with Crippen molar-refractivity contribution in [2.24, 2.45) is 0 Å². The van der Waals surface area contributed by atoms with Gasteiger partial charge in [0.1, 0.15) is 11.6 Å². The molecule has 2 aromatic heterocycles. The normalized spacial score (nSPS) is 14.6. The first-order chi connectivity index (χ1) is 12.8. The van der Waals surface area contributed by atoms with E-state index in [1.165, 1.54) is 0 Å². The Morgan fingerprint density at radius 2 is 1.89 bits per heavy atom. The zero-order valence-corrected chi connectivity index (χ0v) is 16.3. The molecule has 0 radical (unpaired) electrons. The Morgan fingerprint density at radius 3 is 2.74 bits per heavy atom. The van der Waals surface area contributed by atoms with Crippen LogP contribution in [0.4, 0.5) is 11.6 Å². The Balaban J connectivity index is 0.00000210. The van der Waals surface area contributed by atoms with Crippen LogP contribution in [0.5, 0.6) is 0 Å². The number of aryl methyl sites for hydroxylation is 1. The second kappa shape index (κ2) is 8.55. The summed E-state index contributed by atoms with van der Waals surface area (Å²) in [4.78, 5) is 11.9. The average Bonchev–Trinajstić information content (AvgIpc) is 2.96. The number of fused-ring (bicyclic) bond motifs is 1. The summed E-state index contributed by atoms with van der Waals surface area (Å²) in [5.74, 6) is 1.57. The van der Waals surface area contributed by atoms with Crippen LogP contribution in [0.25, 0.3) is 22.0 Å². The molecule has 0 saturated carbocycles. The SMILES string of the molecule is CCc1nc(N)ccc1-c1cccc2ccc(N3CCCOCC3)nc12.Cl. The molecule has 4 rings (SSSR count). The molecule has 3 heterocycles. The number of nitrogen functional groups attached to an aromatic ring is 1. The van der Waals surface area contributed by atoms with Crippen molar-refractivity contribution in [1.82, 2.24) is 9.97 Å². The maximum atomic E-state index is 5.88. The third-order valence-electron chi connectivity index (χ3n) is 4.87. The van der Waals surface area contributed by atoms with E-state index in [1.807, 2.05) is 6.07 Å². The highest BCUT2D eigenvalue weighted by Crippen LogP contribution is 2.31. The van der Waals surface area contributed by atoms with Gasteiger partial charge in [-0.1, -0.05) is 25.1 Å². The molecule has 0 spiro atoms. The van der Waals surface area contributed by atoms with E-state index in [9.17, 15) is 0 Å². The lowest BCUT2D eigenvalue weighted by Gasteiger charge is -2.21. The van der Waals surface area contributed by atoms with E-state index in [1.54, 1.807) is 0 Å². The number of rotatable bonds is 3. The number of aromatic nitrogens is 2. The van der Waals surface area contributed by atoms with Gasteiger partial charge in [-0.05, 0) is 37.1 Å². The second-order valence-electron chi connectivity index (χ2n) is 6.58. The summed E-state index contributed by atoms with van der Waals surface area (Å²) < 4.78 is 5.58. The molecule has 1 saturated heterocycles. The fourth-order valence-corrected chi connectivity index (χ4v) is 3.54. The van der Waals surface area contributed by atoms with Crippen molar-refractivity contribution in [3.05, 3.63) is 48.2 Å². The first-order valence-electron chi connectivity index (χ1n) is 9.24. The third kappa shape index (κ3) is 3.99. The predicted octanol–water partition coefficient (Wildman–Crippen LogP) is 4.09. The molecule has 3 aromatic rings. The number of hydrogen-bond acceptors (Lipinski definition) is 5. The Bertz CT molecular complexity index is 923. The highest BCUT2D eigenvalue weighted by molar-refractivity contribution is 5.95. The number of pyridine rings is 2. The standard InChI is InChI=1S/C21H24N4O.ClH/c1-2-18-16(8-9-19(22)23-18)17-6-3-5-15-7-10-20(24-21(15)17)25-11-4-13-26-14-12-25;/h3,5-10H,2,4,11-14H2,1H3,(H2,22,23);1H. The van der Waals surface area contributed by atoms with Crippen LogP contribution in [0.1, 0.15) is 19.0 Å². The van der Waals surface area contributed by atoms with E-state index in [0.29, 0.717) is 5.82 Å². The van der Waals surface area contributed by atoms with Crippen LogP contribution in [0.3, 0.4) is 0 Å². The number of benzene rings is 1. The summed E-state index contributed by atoms with van der Waals surface area (Å²) in [6.07, 6.45) is 1.86. The molecule has 0 aliphatic carbocycles. The van der Waals surface area contributed by atoms with E-state index in [2.05, 4.69) is 53.2 Å². The van der Waals surface area contributed by atoms with Crippen molar-refractivity contribution in [3.63, 3.8) is 0 Å². The second-order valence-corrected chi connectivity index (χ2v) is 6.58. The van der Waals surface area contributed by atoms with Crippen LogP contribution in [-0.4, -0.2) is 36.3 Å². The first kappa shape index (κ1) is 19.4. The van der Waals surface area contributed by atoms with E-state index >= 15 is 0 Å². The summed E-state index contributed by atoms with van der Waals surface area (Å²) in [5.41, 5.74) is 10.1. The zero-order chi connectivity index (χ0) is 17.9. The fourth-order valence-electron chi connectivity index (χ4n) is 3.54. The molecular formula is C21H25ClN4O. The van der Waals surface area contributed by atoms with Gasteiger partial charge in [-0.15, -0.1) is 12.4 Å². The maximum absolute atomic E-state index is 5.88. The first-order valence-corrected chi connectivity index (χ1v) is 9.24. The monoisotopic (exact) mass is 384 g/mol. The van der Waals surface area contributed by atoms with Gasteiger partial charge in [0.25, 0.3) is 0 Å². The third-order valence-corrected chi connectivity index (χ3v) is 4.87. The van der Waals surface area contributed by atoms with Gasteiger partial charge < -0.3 is 15.4 Å². The summed E-state index contributed by atoms with van der Waals surface area (Å²) in [7, 11) is 0. The van der Waals surface area contributed by atoms with E-state index in [0.717, 1.165) is 72.7 Å². The van der Waals surface area contributed by atoms with E-state index in [4.69, 9.17) is 15.5 Å². The van der Waals surface area contributed by atoms with Crippen molar-refractivity contribution in [2.45, 2.75) is 19.8 Å². The van der Waals surface area contributed by atoms with Gasteiger partial charge in [0.05, 0.1) is 17.8 Å². The molecule has 0 unspecified atom stereocenters. The topological polar surface area (TPSA) is 64.3 Å². The summed E-state index contributed by atoms with van der Waals surface area (Å²) in [5, 5.41) is 1.14. The number of anilines is 2. The highest BCUT2D eigenvalue weighted by Gasteiger charge is 2.15. The van der Waals surface area contributed by atoms with Gasteiger partial charge in [0.15, 0.2) is 0 Å². The van der Waals surface area contributed by atoms with Crippen molar-refractivity contribution < 1.29 is 4.74 Å². The van der Waals surface area contributed by atoms with Crippen molar-refractivity contribution >= 4 is 34.9 Å². The van der Waals surface area contributed by atoms with Gasteiger partial charge in [-0.25, -0.2) is 9.97 Å². The van der Waals surface area contributed by atoms with Gasteiger partial charge in [0, 0.05) is 36.2 Å². The number of hydrogen-bond donors (Lipinski definition) is 1. The Labute approximate surface area is 166 Å². The van der Waals surface area contributed by atoms with Crippen molar-refractivity contribution in [3.8, 4) is 11.1 Å².